The molecule has 1 aromatic heterocycles. The fourth-order valence-electron chi connectivity index (χ4n) is 2.96. The molecule has 0 aliphatic rings. The summed E-state index contributed by atoms with van der Waals surface area (Å²) in [6.45, 7) is 7.11. The second-order valence-electron chi connectivity index (χ2n) is 7.42. The number of nitrogens with zero attached hydrogens (tertiary/aromatic N) is 2. The quantitative estimate of drug-likeness (QED) is 0.470. The molecule has 0 fully saturated rings. The van der Waals surface area contributed by atoms with Crippen molar-refractivity contribution >= 4 is 29.3 Å². The molecule has 1 N–H and O–H groups in total. The summed E-state index contributed by atoms with van der Waals surface area (Å²) >= 11 is 1.10. The van der Waals surface area contributed by atoms with Crippen LogP contribution in [0.25, 0.3) is 0 Å². The van der Waals surface area contributed by atoms with E-state index < -0.39 is 23.6 Å². The van der Waals surface area contributed by atoms with Gasteiger partial charge in [0.05, 0.1) is 11.3 Å². The number of benzene rings is 1. The molecule has 0 bridgehead atoms. The number of pyridine rings is 1. The average Bonchev–Trinajstić information content (AvgIpc) is 2.73. The third-order valence-electron chi connectivity index (χ3n) is 4.83. The summed E-state index contributed by atoms with van der Waals surface area (Å²) < 4.78 is 45.7. The number of hydrogen-bond donors (Lipinski definition) is 1. The maximum atomic E-state index is 13.5. The number of amides is 1. The molecule has 10 heteroatoms. The van der Waals surface area contributed by atoms with Crippen LogP contribution in [-0.4, -0.2) is 34.3 Å². The van der Waals surface area contributed by atoms with E-state index in [9.17, 15) is 27.9 Å². The number of alkyl halides is 3. The number of aromatic nitrogens is 1. The van der Waals surface area contributed by atoms with E-state index in [2.05, 4.69) is 4.98 Å². The highest BCUT2D eigenvalue weighted by Gasteiger charge is 2.36. The van der Waals surface area contributed by atoms with Gasteiger partial charge in [-0.25, -0.2) is 9.78 Å². The molecule has 1 unspecified atom stereocenters. The lowest BCUT2D eigenvalue weighted by Gasteiger charge is -2.30. The van der Waals surface area contributed by atoms with Gasteiger partial charge in [-0.15, -0.1) is 11.8 Å². The highest BCUT2D eigenvalue weighted by Crippen LogP contribution is 2.39. The van der Waals surface area contributed by atoms with Crippen LogP contribution in [0.15, 0.2) is 35.4 Å². The number of aromatic carboxylic acids is 1. The van der Waals surface area contributed by atoms with Crippen LogP contribution in [-0.2, 0) is 11.0 Å². The number of carbonyl (C=O) groups is 2. The van der Waals surface area contributed by atoms with Crippen molar-refractivity contribution in [3.8, 4) is 11.6 Å². The molecular weight excluding hydrogens is 445 g/mol. The first-order valence-corrected chi connectivity index (χ1v) is 11.1. The Morgan fingerprint density at radius 3 is 2.38 bits per heavy atom. The smallest absolute Gasteiger partial charge is 0.421 e. The lowest BCUT2D eigenvalue weighted by molar-refractivity contribution is -0.139. The number of rotatable bonds is 8. The molecule has 1 atom stereocenters. The van der Waals surface area contributed by atoms with E-state index >= 15 is 0 Å². The van der Waals surface area contributed by atoms with Gasteiger partial charge in [-0.3, -0.25) is 4.79 Å². The van der Waals surface area contributed by atoms with Crippen LogP contribution in [0.3, 0.4) is 0 Å². The Labute approximate surface area is 188 Å². The van der Waals surface area contributed by atoms with E-state index in [4.69, 9.17) is 4.74 Å². The zero-order valence-electron chi connectivity index (χ0n) is 18.4. The molecule has 1 heterocycles. The fourth-order valence-corrected chi connectivity index (χ4v) is 3.36. The van der Waals surface area contributed by atoms with Crippen molar-refractivity contribution in [1.29, 1.82) is 0 Å². The van der Waals surface area contributed by atoms with Gasteiger partial charge in [0.1, 0.15) is 11.3 Å². The van der Waals surface area contributed by atoms with E-state index in [-0.39, 0.29) is 34.9 Å². The van der Waals surface area contributed by atoms with Crippen LogP contribution >= 0.6 is 11.8 Å². The van der Waals surface area contributed by atoms with Gasteiger partial charge in [0.25, 0.3) is 0 Å². The largest absolute Gasteiger partial charge is 0.478 e. The minimum atomic E-state index is -4.71. The molecule has 0 radical (unpaired) electrons. The van der Waals surface area contributed by atoms with Crippen molar-refractivity contribution in [2.45, 2.75) is 51.2 Å². The Kier molecular flexibility index (Phi) is 8.17. The number of hydrogen-bond acceptors (Lipinski definition) is 5. The zero-order chi connectivity index (χ0) is 24.2. The van der Waals surface area contributed by atoms with Gasteiger partial charge in [-0.05, 0) is 50.8 Å². The Bertz CT molecular complexity index is 996. The molecule has 2 rings (SSSR count). The lowest BCUT2D eigenvalue weighted by atomic mass is 10.0. The maximum absolute atomic E-state index is 13.5. The molecule has 0 aliphatic carbocycles. The van der Waals surface area contributed by atoms with Gasteiger partial charge in [0, 0.05) is 23.1 Å². The molecule has 174 valence electrons. The Hall–Kier alpha value is -2.75. The molecule has 0 saturated heterocycles. The van der Waals surface area contributed by atoms with E-state index in [1.54, 1.807) is 27.0 Å². The predicted octanol–water partition coefficient (Wildman–Crippen LogP) is 6.10. The molecule has 0 spiro atoms. The van der Waals surface area contributed by atoms with E-state index in [1.165, 1.54) is 23.2 Å². The second kappa shape index (κ2) is 10.2. The number of carboxylic acids is 1. The van der Waals surface area contributed by atoms with Gasteiger partial charge in [0.15, 0.2) is 0 Å². The number of thioether (sulfide) groups is 1. The number of carboxylic acid groups (broad SMARTS) is 1. The third kappa shape index (κ3) is 5.73. The van der Waals surface area contributed by atoms with Gasteiger partial charge in [-0.2, -0.15) is 13.2 Å². The van der Waals surface area contributed by atoms with Crippen molar-refractivity contribution < 1.29 is 32.6 Å². The van der Waals surface area contributed by atoms with Crippen LogP contribution < -0.4 is 9.64 Å². The number of halogens is 3. The number of carbonyl (C=O) groups excluding carboxylic acids is 1. The number of anilines is 1. The van der Waals surface area contributed by atoms with Crippen LogP contribution in [0.1, 0.15) is 50.0 Å². The maximum Gasteiger partial charge on any atom is 0.421 e. The Balaban J connectivity index is 2.53. The van der Waals surface area contributed by atoms with Crippen molar-refractivity contribution in [1.82, 2.24) is 4.98 Å². The first-order chi connectivity index (χ1) is 14.9. The van der Waals surface area contributed by atoms with Crippen molar-refractivity contribution in [3.63, 3.8) is 0 Å². The summed E-state index contributed by atoms with van der Waals surface area (Å²) in [5.41, 5.74) is -1.19. The van der Waals surface area contributed by atoms with Crippen LogP contribution in [0.2, 0.25) is 0 Å². The standard InChI is InChI=1S/C22H25F3N2O4S/c1-6-13(4)20(28)27(12(2)3)18-8-7-14(9-16(18)21(29)30)31-19-17(22(23,24)25)10-15(32-5)11-26-19/h7-13H,6H2,1-5H3,(H,29,30). The molecule has 1 amide bonds. The van der Waals surface area contributed by atoms with Crippen molar-refractivity contribution in [3.05, 3.63) is 41.6 Å². The van der Waals surface area contributed by atoms with Gasteiger partial charge < -0.3 is 14.7 Å². The monoisotopic (exact) mass is 470 g/mol. The highest BCUT2D eigenvalue weighted by molar-refractivity contribution is 7.98. The molecule has 6 nitrogen and oxygen atoms in total. The normalized spacial score (nSPS) is 12.5. The molecule has 1 aromatic carbocycles. The Morgan fingerprint density at radius 1 is 1.22 bits per heavy atom. The zero-order valence-corrected chi connectivity index (χ0v) is 19.2. The minimum absolute atomic E-state index is 0.138. The summed E-state index contributed by atoms with van der Waals surface area (Å²) in [5, 5.41) is 9.72. The van der Waals surface area contributed by atoms with Crippen molar-refractivity contribution in [2.75, 3.05) is 11.2 Å². The van der Waals surface area contributed by atoms with Gasteiger partial charge in [-0.1, -0.05) is 13.8 Å². The molecule has 32 heavy (non-hydrogen) atoms. The number of ether oxygens (including phenoxy) is 1. The SMILES string of the molecule is CCC(C)C(=O)N(c1ccc(Oc2ncc(SC)cc2C(F)(F)F)cc1C(=O)O)C(C)C. The van der Waals surface area contributed by atoms with E-state index in [0.717, 1.165) is 23.9 Å². The first-order valence-electron chi connectivity index (χ1n) is 9.90. The van der Waals surface area contributed by atoms with Gasteiger partial charge in [0.2, 0.25) is 11.8 Å². The third-order valence-corrected chi connectivity index (χ3v) is 5.52. The lowest BCUT2D eigenvalue weighted by Crippen LogP contribution is -2.41. The summed E-state index contributed by atoms with van der Waals surface area (Å²) in [6.07, 6.45) is -1.27. The fraction of sp³-hybridized carbons (Fsp3) is 0.409. The summed E-state index contributed by atoms with van der Waals surface area (Å²) in [5.74, 6) is -2.73. The average molecular weight is 471 g/mol. The Morgan fingerprint density at radius 2 is 1.88 bits per heavy atom. The second-order valence-corrected chi connectivity index (χ2v) is 8.30. The van der Waals surface area contributed by atoms with Crippen LogP contribution in [0, 0.1) is 5.92 Å². The molecule has 0 saturated carbocycles. The molecule has 0 aliphatic heterocycles. The van der Waals surface area contributed by atoms with Gasteiger partial charge >= 0.3 is 12.1 Å². The summed E-state index contributed by atoms with van der Waals surface area (Å²) in [7, 11) is 0. The predicted molar refractivity (Wildman–Crippen MR) is 117 cm³/mol. The first kappa shape index (κ1) is 25.5. The van der Waals surface area contributed by atoms with E-state index in [0.29, 0.717) is 11.3 Å². The van der Waals surface area contributed by atoms with E-state index in [1.807, 2.05) is 6.92 Å². The van der Waals surface area contributed by atoms with Crippen LogP contribution in [0.5, 0.6) is 11.6 Å². The summed E-state index contributed by atoms with van der Waals surface area (Å²) in [4.78, 5) is 30.2. The topological polar surface area (TPSA) is 79.7 Å². The van der Waals surface area contributed by atoms with Crippen LogP contribution in [0.4, 0.5) is 18.9 Å². The molecular formula is C22H25F3N2O4S. The molecule has 2 aromatic rings. The van der Waals surface area contributed by atoms with Crippen molar-refractivity contribution in [2.24, 2.45) is 5.92 Å². The minimum Gasteiger partial charge on any atom is -0.478 e. The summed E-state index contributed by atoms with van der Waals surface area (Å²) in [6, 6.07) is 4.37. The highest BCUT2D eigenvalue weighted by atomic mass is 32.2.